The number of ketones is 1. The van der Waals surface area contributed by atoms with E-state index in [1.165, 1.54) is 0 Å². The van der Waals surface area contributed by atoms with Gasteiger partial charge < -0.3 is 5.11 Å². The lowest BCUT2D eigenvalue weighted by atomic mass is 9.44. The number of carbonyl (C=O) groups is 1. The summed E-state index contributed by atoms with van der Waals surface area (Å²) in [6, 6.07) is 4.63. The molecule has 0 aromatic heterocycles. The van der Waals surface area contributed by atoms with Gasteiger partial charge in [0.1, 0.15) is 5.76 Å². The Morgan fingerprint density at radius 1 is 1.26 bits per heavy atom. The molecule has 0 bridgehead atoms. The van der Waals surface area contributed by atoms with Crippen LogP contribution in [0.4, 0.5) is 0 Å². The van der Waals surface area contributed by atoms with E-state index in [1.54, 1.807) is 6.08 Å². The van der Waals surface area contributed by atoms with Crippen molar-refractivity contribution in [2.24, 2.45) is 22.2 Å². The molecule has 0 aromatic carbocycles. The number of carbonyl (C=O) groups excluding carboxylic acids is 1. The molecule has 120 valence electrons. The maximum Gasteiger partial charge on any atom is 0.155 e. The average Bonchev–Trinajstić information content (AvgIpc) is 2.52. The number of nitrogens with zero attached hydrogens (tertiary/aromatic N) is 2. The second-order valence-electron chi connectivity index (χ2n) is 8.06. The van der Waals surface area contributed by atoms with Gasteiger partial charge in [-0.15, -0.1) is 0 Å². The van der Waals surface area contributed by atoms with E-state index in [9.17, 15) is 20.4 Å². The van der Waals surface area contributed by atoms with E-state index in [4.69, 9.17) is 0 Å². The first-order valence-electron chi connectivity index (χ1n) is 8.21. The first kappa shape index (κ1) is 15.8. The van der Waals surface area contributed by atoms with Crippen molar-refractivity contribution in [3.63, 3.8) is 0 Å². The Morgan fingerprint density at radius 2 is 1.96 bits per heavy atom. The minimum Gasteiger partial charge on any atom is -0.511 e. The zero-order chi connectivity index (χ0) is 17.0. The number of hydrogen-bond acceptors (Lipinski definition) is 4. The van der Waals surface area contributed by atoms with Crippen molar-refractivity contribution in [2.45, 2.75) is 52.9 Å². The average molecular weight is 310 g/mol. The summed E-state index contributed by atoms with van der Waals surface area (Å²) >= 11 is 0. The van der Waals surface area contributed by atoms with Crippen molar-refractivity contribution in [1.82, 2.24) is 0 Å². The van der Waals surface area contributed by atoms with Gasteiger partial charge in [0.15, 0.2) is 5.78 Å². The number of fused-ring (bicyclic) bond motifs is 3. The number of aliphatic hydroxyl groups excluding tert-OH is 1. The smallest absolute Gasteiger partial charge is 0.155 e. The molecule has 4 heteroatoms. The van der Waals surface area contributed by atoms with E-state index < -0.39 is 16.2 Å². The third-order valence-corrected chi connectivity index (χ3v) is 6.52. The van der Waals surface area contributed by atoms with Gasteiger partial charge in [-0.1, -0.05) is 20.8 Å². The number of rotatable bonds is 0. The van der Waals surface area contributed by atoms with Crippen LogP contribution in [0, 0.1) is 44.8 Å². The molecule has 1 saturated carbocycles. The number of allylic oxidation sites excluding steroid dienone is 4. The van der Waals surface area contributed by atoms with Crippen LogP contribution in [0.2, 0.25) is 0 Å². The fourth-order valence-electron chi connectivity index (χ4n) is 5.36. The van der Waals surface area contributed by atoms with Gasteiger partial charge in [-0.3, -0.25) is 4.79 Å². The van der Waals surface area contributed by atoms with Crippen LogP contribution in [0.1, 0.15) is 52.9 Å². The maximum absolute atomic E-state index is 12.1. The number of aliphatic hydroxyl groups is 1. The van der Waals surface area contributed by atoms with Crippen molar-refractivity contribution in [3.8, 4) is 12.1 Å². The molecular weight excluding hydrogens is 288 g/mol. The summed E-state index contributed by atoms with van der Waals surface area (Å²) < 4.78 is 0. The zero-order valence-electron chi connectivity index (χ0n) is 13.9. The van der Waals surface area contributed by atoms with E-state index in [1.807, 2.05) is 13.8 Å². The van der Waals surface area contributed by atoms with Gasteiger partial charge in [-0.25, -0.2) is 0 Å². The van der Waals surface area contributed by atoms with Gasteiger partial charge in [-0.2, -0.15) is 10.5 Å². The topological polar surface area (TPSA) is 84.9 Å². The molecule has 3 rings (SSSR count). The van der Waals surface area contributed by atoms with Gasteiger partial charge in [0.2, 0.25) is 0 Å². The maximum atomic E-state index is 12.1. The zero-order valence-corrected chi connectivity index (χ0v) is 13.9. The van der Waals surface area contributed by atoms with E-state index >= 15 is 0 Å². The van der Waals surface area contributed by atoms with Crippen molar-refractivity contribution in [2.75, 3.05) is 0 Å². The Labute approximate surface area is 137 Å². The predicted octanol–water partition coefficient (Wildman–Crippen LogP) is 3.97. The normalized spacial score (nSPS) is 38.7. The van der Waals surface area contributed by atoms with Crippen molar-refractivity contribution < 1.29 is 9.90 Å². The van der Waals surface area contributed by atoms with E-state index in [-0.39, 0.29) is 17.5 Å². The van der Waals surface area contributed by atoms with Crippen LogP contribution in [-0.4, -0.2) is 10.9 Å². The van der Waals surface area contributed by atoms with E-state index in [2.05, 4.69) is 19.1 Å². The van der Waals surface area contributed by atoms with Crippen LogP contribution in [0.25, 0.3) is 0 Å². The summed E-state index contributed by atoms with van der Waals surface area (Å²) in [6.07, 6.45) is 4.63. The summed E-state index contributed by atoms with van der Waals surface area (Å²) in [4.78, 5) is 12.1. The van der Waals surface area contributed by atoms with Gasteiger partial charge in [0.05, 0.1) is 23.1 Å². The lowest BCUT2D eigenvalue weighted by Gasteiger charge is -2.58. The highest BCUT2D eigenvalue weighted by Gasteiger charge is 2.60. The molecule has 1 unspecified atom stereocenters. The Balaban J connectivity index is 2.23. The predicted molar refractivity (Wildman–Crippen MR) is 84.9 cm³/mol. The molecule has 0 radical (unpaired) electrons. The molecule has 0 saturated heterocycles. The monoisotopic (exact) mass is 310 g/mol. The van der Waals surface area contributed by atoms with E-state index in [0.717, 1.165) is 18.4 Å². The van der Waals surface area contributed by atoms with Crippen LogP contribution < -0.4 is 0 Å². The highest BCUT2D eigenvalue weighted by atomic mass is 16.3. The molecule has 3 atom stereocenters. The fourth-order valence-corrected chi connectivity index (χ4v) is 5.36. The third-order valence-electron chi connectivity index (χ3n) is 6.52. The van der Waals surface area contributed by atoms with Crippen molar-refractivity contribution in [3.05, 3.63) is 23.0 Å². The molecule has 0 spiro atoms. The van der Waals surface area contributed by atoms with Crippen molar-refractivity contribution >= 4 is 5.78 Å². The minimum absolute atomic E-state index is 0.0721. The highest BCUT2D eigenvalue weighted by Crippen LogP contribution is 2.66. The van der Waals surface area contributed by atoms with Crippen molar-refractivity contribution in [1.29, 1.82) is 10.5 Å². The largest absolute Gasteiger partial charge is 0.511 e. The first-order valence-corrected chi connectivity index (χ1v) is 8.21. The Morgan fingerprint density at radius 3 is 2.57 bits per heavy atom. The molecule has 0 heterocycles. The van der Waals surface area contributed by atoms with Crippen LogP contribution in [0.3, 0.4) is 0 Å². The molecular formula is C19H22N2O2. The summed E-state index contributed by atoms with van der Waals surface area (Å²) in [5.41, 5.74) is -0.246. The highest BCUT2D eigenvalue weighted by molar-refractivity contribution is 5.92. The van der Waals surface area contributed by atoms with Crippen LogP contribution in [0.5, 0.6) is 0 Å². The van der Waals surface area contributed by atoms with Gasteiger partial charge >= 0.3 is 0 Å². The number of nitriles is 2. The quantitative estimate of drug-likeness (QED) is 0.733. The summed E-state index contributed by atoms with van der Waals surface area (Å²) in [6.45, 7) is 6.00. The summed E-state index contributed by atoms with van der Waals surface area (Å²) in [5.74, 6) is 0.364. The first-order chi connectivity index (χ1) is 10.7. The molecule has 23 heavy (non-hydrogen) atoms. The Kier molecular flexibility index (Phi) is 3.24. The van der Waals surface area contributed by atoms with Crippen LogP contribution >= 0.6 is 0 Å². The van der Waals surface area contributed by atoms with E-state index in [0.29, 0.717) is 24.8 Å². The third kappa shape index (κ3) is 1.91. The second kappa shape index (κ2) is 4.71. The molecule has 3 aliphatic rings. The minimum atomic E-state index is -0.581. The van der Waals surface area contributed by atoms with Gasteiger partial charge in [0, 0.05) is 11.8 Å². The lowest BCUT2D eigenvalue weighted by Crippen LogP contribution is -2.52. The SMILES string of the molecule is CC1(C)C(O)=C(C#N)CC2(C)C3=CC(=O)CC[C@]3(C#N)CC[C@@H]12. The van der Waals surface area contributed by atoms with Gasteiger partial charge in [-0.05, 0) is 48.7 Å². The fraction of sp³-hybridized carbons (Fsp3) is 0.632. The Hall–Kier alpha value is -2.07. The molecule has 0 aliphatic heterocycles. The van der Waals surface area contributed by atoms with Crippen LogP contribution in [0.15, 0.2) is 23.0 Å². The summed E-state index contributed by atoms with van der Waals surface area (Å²) in [5, 5.41) is 29.8. The summed E-state index contributed by atoms with van der Waals surface area (Å²) in [7, 11) is 0. The van der Waals surface area contributed by atoms with Gasteiger partial charge in [0.25, 0.3) is 0 Å². The molecule has 4 nitrogen and oxygen atoms in total. The molecule has 3 aliphatic carbocycles. The number of hydrogen-bond donors (Lipinski definition) is 1. The standard InChI is InChI=1S/C19H22N2O2/c1-17(2)14-5-7-19(11-21)6-4-13(22)8-15(19)18(14,3)9-12(10-20)16(17)23/h8,14,23H,4-7,9H2,1-3H3/t14-,18?,19+/m0/s1. The second-order valence-corrected chi connectivity index (χ2v) is 8.06. The van der Waals surface area contributed by atoms with Crippen LogP contribution in [-0.2, 0) is 4.79 Å². The molecule has 0 aromatic rings. The molecule has 0 amide bonds. The Bertz CT molecular complexity index is 731. The lowest BCUT2D eigenvalue weighted by molar-refractivity contribution is -0.116. The molecule has 1 N–H and O–H groups in total. The molecule has 1 fully saturated rings.